The Morgan fingerprint density at radius 3 is 1.21 bits per heavy atom. The first kappa shape index (κ1) is 130. The molecular weight excluding hydrogens is 1640 g/mol. The van der Waals surface area contributed by atoms with E-state index in [1.54, 1.807) is 0 Å². The van der Waals surface area contributed by atoms with Gasteiger partial charge in [-0.2, -0.15) is 0 Å². The van der Waals surface area contributed by atoms with Gasteiger partial charge in [0.05, 0.1) is 90.2 Å². The minimum atomic E-state index is -0.843. The summed E-state index contributed by atoms with van der Waals surface area (Å²) in [6, 6.07) is 0. The lowest BCUT2D eigenvalue weighted by atomic mass is 9.64. The van der Waals surface area contributed by atoms with E-state index in [1.807, 2.05) is 151 Å². The van der Waals surface area contributed by atoms with E-state index in [9.17, 15) is 57.5 Å². The highest BCUT2D eigenvalue weighted by atomic mass is 16.8. The van der Waals surface area contributed by atoms with Crippen molar-refractivity contribution in [2.75, 3.05) is 34.0 Å². The van der Waals surface area contributed by atoms with Crippen molar-refractivity contribution in [3.05, 3.63) is 12.2 Å². The van der Waals surface area contributed by atoms with Gasteiger partial charge in [-0.3, -0.25) is 43.2 Å². The van der Waals surface area contributed by atoms with E-state index in [0.29, 0.717) is 61.7 Å². The molecule has 0 aromatic carbocycles. The van der Waals surface area contributed by atoms with Crippen molar-refractivity contribution in [1.29, 1.82) is 0 Å². The van der Waals surface area contributed by atoms with Gasteiger partial charge in [0.2, 0.25) is 18.3 Å². The van der Waals surface area contributed by atoms with E-state index in [0.717, 1.165) is 93.2 Å². The van der Waals surface area contributed by atoms with Crippen molar-refractivity contribution in [3.63, 3.8) is 0 Å². The number of allylic oxidation sites excluding steroid dienone is 1. The predicted molar refractivity (Wildman–Crippen MR) is 503 cm³/mol. The zero-order valence-corrected chi connectivity index (χ0v) is 72.7. The van der Waals surface area contributed by atoms with Gasteiger partial charge in [-0.1, -0.05) is 144 Å². The topological polar surface area (TPSA) is 334 Å². The Bertz CT molecular complexity index is 3510. The third kappa shape index (κ3) is 28.4. The third-order valence-corrected chi connectivity index (χ3v) is 29.1. The maximum atomic E-state index is 12.2. The van der Waals surface area contributed by atoms with Gasteiger partial charge in [0.1, 0.15) is 37.1 Å². The summed E-state index contributed by atoms with van der Waals surface area (Å²) in [5.74, 6) is 5.33. The second kappa shape index (κ2) is 52.1. The SMILES string of the molecule is C.C.C.C.C.C.C.C.C.C.C.C.C.CCC(C)(C)C(=O)OC.CCC(C)(C)C(=O)OC.CCC(C)(C)C(=O)OC1C(=O)OC2C1CC1OC(C)(C)OC12.CCC(C)(C)C(=O)OC1C(=O)OC2C=CCC21.CCC(C)(C)C(=O)OC1C(=O)OC2CCCC21.CCC(C)(C)C(=O)OC1COC(=O)C1.O=C1OCC2C3CC(C12)C1C2CCC(C2)C31.O=C1OCC2C3CCC(C3)C12. The third-order valence-electron chi connectivity index (χ3n) is 29.1. The number of ether oxygens (including phenoxy) is 14. The second-order valence-corrected chi connectivity index (χ2v) is 39.1. The van der Waals surface area contributed by atoms with Crippen LogP contribution in [-0.4, -0.2) is 166 Å². The first-order valence-electron chi connectivity index (χ1n) is 42.9. The minimum absolute atomic E-state index is 0. The van der Waals surface area contributed by atoms with Crippen molar-refractivity contribution in [1.82, 2.24) is 0 Å². The maximum Gasteiger partial charge on any atom is 0.348 e. The number of hydrogen-bond donors (Lipinski definition) is 0. The van der Waals surface area contributed by atoms with Crippen molar-refractivity contribution in [2.24, 2.45) is 121 Å². The second-order valence-electron chi connectivity index (χ2n) is 39.1. The lowest BCUT2D eigenvalue weighted by Crippen LogP contribution is -2.38. The summed E-state index contributed by atoms with van der Waals surface area (Å²) in [6.07, 6.45) is 18.7. The van der Waals surface area contributed by atoms with E-state index in [2.05, 4.69) is 9.47 Å². The fourth-order valence-electron chi connectivity index (χ4n) is 19.5. The van der Waals surface area contributed by atoms with Crippen LogP contribution in [0.3, 0.4) is 0 Å². The van der Waals surface area contributed by atoms with Gasteiger partial charge >= 0.3 is 71.6 Å². The Labute approximate surface area is 776 Å². The van der Waals surface area contributed by atoms with Crippen molar-refractivity contribution >= 4 is 71.6 Å². The molecule has 7 heterocycles. The Kier molecular flexibility index (Phi) is 52.8. The van der Waals surface area contributed by atoms with E-state index in [4.69, 9.17) is 56.8 Å². The molecule has 6 bridgehead atoms. The Morgan fingerprint density at radius 2 is 0.766 bits per heavy atom. The molecule has 0 radical (unpaired) electrons. The molecule has 0 spiro atoms. The zero-order valence-electron chi connectivity index (χ0n) is 72.7. The lowest BCUT2D eigenvalue weighted by molar-refractivity contribution is -0.170. The molecule has 7 saturated heterocycles. The molecule has 24 unspecified atom stereocenters. The summed E-state index contributed by atoms with van der Waals surface area (Å²) in [4.78, 5) is 139. The Hall–Kier alpha value is -6.70. The van der Waals surface area contributed by atoms with Gasteiger partial charge < -0.3 is 66.3 Å². The summed E-state index contributed by atoms with van der Waals surface area (Å²) in [6.45, 7) is 39.1. The summed E-state index contributed by atoms with van der Waals surface area (Å²) < 4.78 is 73.0. The zero-order chi connectivity index (χ0) is 85.2. The summed E-state index contributed by atoms with van der Waals surface area (Å²) in [5, 5.41) is 0. The predicted octanol–water partition coefficient (Wildman–Crippen LogP) is 21.7. The van der Waals surface area contributed by atoms with Gasteiger partial charge in [-0.15, -0.1) is 0 Å². The van der Waals surface area contributed by atoms with Crippen LogP contribution in [0.2, 0.25) is 0 Å². The normalized spacial score (nSPS) is 31.8. The van der Waals surface area contributed by atoms with Crippen LogP contribution in [0.1, 0.15) is 357 Å². The molecule has 0 aromatic rings. The molecule has 8 saturated carbocycles. The van der Waals surface area contributed by atoms with Crippen LogP contribution in [0.4, 0.5) is 0 Å². The van der Waals surface area contributed by atoms with Gasteiger partial charge in [-0.25, -0.2) is 14.4 Å². The van der Waals surface area contributed by atoms with E-state index >= 15 is 0 Å². The average Bonchev–Trinajstić information content (AvgIpc) is 1.52. The van der Waals surface area contributed by atoms with Gasteiger partial charge in [0.25, 0.3) is 0 Å². The molecule has 16 rings (SSSR count). The van der Waals surface area contributed by atoms with Crippen molar-refractivity contribution in [2.45, 2.75) is 418 Å². The molecule has 26 nitrogen and oxygen atoms in total. The van der Waals surface area contributed by atoms with E-state index in [1.165, 1.54) is 59.2 Å². The first-order valence-corrected chi connectivity index (χ1v) is 42.9. The van der Waals surface area contributed by atoms with Crippen LogP contribution in [0.5, 0.6) is 0 Å². The van der Waals surface area contributed by atoms with Crippen LogP contribution >= 0.6 is 0 Å². The first-order chi connectivity index (χ1) is 53.8. The molecule has 0 amide bonds. The number of fused-ring (bicyclic) bond motifs is 22. The lowest BCUT2D eigenvalue weighted by Gasteiger charge is -2.38. The fourth-order valence-corrected chi connectivity index (χ4v) is 19.5. The molecule has 9 aliphatic carbocycles. The minimum Gasteiger partial charge on any atom is -0.469 e. The highest BCUT2D eigenvalue weighted by molar-refractivity contribution is 5.86. The summed E-state index contributed by atoms with van der Waals surface area (Å²) in [5.41, 5.74) is -2.79. The Morgan fingerprint density at radius 1 is 0.367 bits per heavy atom. The average molecular weight is 1830 g/mol. The number of esters is 12. The molecule has 24 atom stereocenters. The summed E-state index contributed by atoms with van der Waals surface area (Å²) >= 11 is 0. The highest BCUT2D eigenvalue weighted by Crippen LogP contribution is 2.71. The van der Waals surface area contributed by atoms with E-state index < -0.39 is 57.7 Å². The Balaban J connectivity index is -0.000000450. The van der Waals surface area contributed by atoms with Gasteiger partial charge in [0.15, 0.2) is 5.79 Å². The van der Waals surface area contributed by atoms with Crippen LogP contribution in [0.15, 0.2) is 12.2 Å². The molecule has 0 N–H and O–H groups in total. The van der Waals surface area contributed by atoms with E-state index in [-0.39, 0.29) is 234 Å². The van der Waals surface area contributed by atoms with Gasteiger partial charge in [-0.05, 0) is 266 Å². The van der Waals surface area contributed by atoms with Gasteiger partial charge in [0, 0.05) is 23.7 Å². The van der Waals surface area contributed by atoms with Crippen molar-refractivity contribution in [3.8, 4) is 0 Å². The van der Waals surface area contributed by atoms with Crippen molar-refractivity contribution < 1.29 is 124 Å². The molecule has 0 aromatic heterocycles. The molecule has 7 aliphatic heterocycles. The smallest absolute Gasteiger partial charge is 0.348 e. The van der Waals surface area contributed by atoms with Crippen LogP contribution in [0, 0.1) is 121 Å². The molecule has 128 heavy (non-hydrogen) atoms. The maximum absolute atomic E-state index is 12.2. The number of rotatable bonds is 16. The number of hydrogen-bond acceptors (Lipinski definition) is 26. The molecule has 15 fully saturated rings. The monoisotopic (exact) mass is 1830 g/mol. The molecule has 16 aliphatic rings. The summed E-state index contributed by atoms with van der Waals surface area (Å²) in [7, 11) is 2.83. The van der Waals surface area contributed by atoms with Crippen LogP contribution < -0.4 is 0 Å². The van der Waals surface area contributed by atoms with Crippen LogP contribution in [-0.2, 0) is 124 Å². The quantitative estimate of drug-likeness (QED) is 0.0599. The number of carbonyl (C=O) groups excluding carboxylic acids is 12. The largest absolute Gasteiger partial charge is 0.469 e. The number of methoxy groups -OCH3 is 2. The standard InChI is InChI=1S/C16H24O6.C14H18O2.C13H20O4.C13H18O4.C10H16O4.C9H12O2.2C7H14O2.13CH4/c1-6-15(2,3)14(18)20-11-8-7-9-12(10(8)19-13(11)17)22-16(4,5)21-9;15-14-13-9-4-8(10(13)5-16-14)11-6-1-2-7(3-6)12(9)11;2*1-4-13(2,3)12(15)17-10-8-6-5-7-9(8)16-11(10)14;1-4-10(2,3)9(12)14-7-5-8(11)13-6-7;10-9-8-6-2-1-5(3-6)7(8)4-11-9;2*1-5-7(2,3)6(8)9-4;;;;;;;;;;;;;/h8-12H,6-7H2,1-5H3;6-13H,1-5H2;8-10H,4-7H2,1-3H3;5,7-10H,4,6H2,1-3H3;7H,4-6H2,1-3H3;5-8H,1-4H2;2*5H2,1-4H3;13*1H4. The number of cyclic esters (lactones) is 3. The molecule has 752 valence electrons. The molecular formula is C102H188O26. The fraction of sp³-hybridized carbons (Fsp3) is 0.863. The van der Waals surface area contributed by atoms with Crippen LogP contribution in [0.25, 0.3) is 0 Å². The molecule has 26 heteroatoms. The number of carbonyl (C=O) groups is 12. The highest BCUT2D eigenvalue weighted by Gasteiger charge is 2.69.